The van der Waals surface area contributed by atoms with Crippen LogP contribution in [0, 0.1) is 5.41 Å². The van der Waals surface area contributed by atoms with Gasteiger partial charge in [0.05, 0.1) is 5.41 Å². The highest BCUT2D eigenvalue weighted by atomic mass is 16.6. The molecule has 1 amide bonds. The summed E-state index contributed by atoms with van der Waals surface area (Å²) in [7, 11) is 1.55. The molecule has 6 heteroatoms. The number of rotatable bonds is 4. The molecule has 116 valence electrons. The predicted octanol–water partition coefficient (Wildman–Crippen LogP) is 2.12. The lowest BCUT2D eigenvalue weighted by atomic mass is 9.77. The van der Waals surface area contributed by atoms with Crippen molar-refractivity contribution in [1.82, 2.24) is 4.90 Å². The van der Waals surface area contributed by atoms with E-state index >= 15 is 0 Å². The van der Waals surface area contributed by atoms with Gasteiger partial charge in [-0.15, -0.1) is 0 Å². The second kappa shape index (κ2) is 6.43. The van der Waals surface area contributed by atoms with Crippen molar-refractivity contribution in [3.8, 4) is 0 Å². The molecule has 1 saturated heterocycles. The van der Waals surface area contributed by atoms with Gasteiger partial charge in [0.2, 0.25) is 0 Å². The van der Waals surface area contributed by atoms with Crippen molar-refractivity contribution in [3.05, 3.63) is 0 Å². The molecule has 1 N–H and O–H groups in total. The third kappa shape index (κ3) is 4.37. The fraction of sp³-hybridized carbons (Fsp3) is 0.857. The summed E-state index contributed by atoms with van der Waals surface area (Å²) < 4.78 is 10.3. The average molecular weight is 287 g/mol. The summed E-state index contributed by atoms with van der Waals surface area (Å²) in [5, 5.41) is 9.51. The topological polar surface area (TPSA) is 76.1 Å². The number of aliphatic carboxylic acids is 1. The molecule has 0 aromatic rings. The van der Waals surface area contributed by atoms with E-state index in [0.29, 0.717) is 32.4 Å². The Morgan fingerprint density at radius 1 is 1.35 bits per heavy atom. The molecule has 0 bridgehead atoms. The first-order valence-corrected chi connectivity index (χ1v) is 6.90. The summed E-state index contributed by atoms with van der Waals surface area (Å²) in [6.45, 7) is 6.48. The Bertz CT molecular complexity index is 363. The fourth-order valence-electron chi connectivity index (χ4n) is 2.40. The monoisotopic (exact) mass is 287 g/mol. The number of hydrogen-bond donors (Lipinski definition) is 1. The van der Waals surface area contributed by atoms with E-state index in [0.717, 1.165) is 0 Å². The van der Waals surface area contributed by atoms with Crippen LogP contribution in [0.5, 0.6) is 0 Å². The van der Waals surface area contributed by atoms with Crippen molar-refractivity contribution in [1.29, 1.82) is 0 Å². The molecule has 1 heterocycles. The molecule has 0 aromatic carbocycles. The second-order valence-electron chi connectivity index (χ2n) is 6.33. The normalized spacial score (nSPS) is 23.5. The zero-order chi connectivity index (χ0) is 15.4. The molecule has 0 radical (unpaired) electrons. The maximum atomic E-state index is 12.1. The van der Waals surface area contributed by atoms with Crippen molar-refractivity contribution in [2.75, 3.05) is 26.8 Å². The van der Waals surface area contributed by atoms with Crippen LogP contribution in [0.1, 0.15) is 40.0 Å². The van der Waals surface area contributed by atoms with Crippen molar-refractivity contribution in [2.24, 2.45) is 5.41 Å². The van der Waals surface area contributed by atoms with Gasteiger partial charge in [-0.05, 0) is 40.0 Å². The number of carbonyl (C=O) groups is 2. The number of likely N-dealkylation sites (tertiary alicyclic amines) is 1. The Morgan fingerprint density at radius 2 is 2.00 bits per heavy atom. The molecule has 1 atom stereocenters. The number of carboxylic acid groups (broad SMARTS) is 1. The van der Waals surface area contributed by atoms with Gasteiger partial charge in [0.25, 0.3) is 0 Å². The maximum absolute atomic E-state index is 12.1. The molecule has 0 saturated carbocycles. The molecule has 0 aromatic heterocycles. The number of hydrogen-bond acceptors (Lipinski definition) is 4. The first-order valence-electron chi connectivity index (χ1n) is 6.90. The van der Waals surface area contributed by atoms with Gasteiger partial charge in [0, 0.05) is 26.8 Å². The third-order valence-electron chi connectivity index (χ3n) is 3.47. The van der Waals surface area contributed by atoms with E-state index < -0.39 is 23.1 Å². The van der Waals surface area contributed by atoms with Crippen LogP contribution >= 0.6 is 0 Å². The Kier molecular flexibility index (Phi) is 5.39. The lowest BCUT2D eigenvalue weighted by Crippen LogP contribution is -2.51. The SMILES string of the molecule is COCC[C@@]1(C(=O)O)CCCN(C(=O)OC(C)(C)C)C1. The van der Waals surface area contributed by atoms with E-state index in [2.05, 4.69) is 0 Å². The maximum Gasteiger partial charge on any atom is 0.410 e. The number of amides is 1. The van der Waals surface area contributed by atoms with Crippen LogP contribution in [0.3, 0.4) is 0 Å². The van der Waals surface area contributed by atoms with E-state index in [4.69, 9.17) is 9.47 Å². The molecule has 1 aliphatic heterocycles. The number of nitrogens with zero attached hydrogens (tertiary/aromatic N) is 1. The first kappa shape index (κ1) is 16.8. The molecular weight excluding hydrogens is 262 g/mol. The van der Waals surface area contributed by atoms with Crippen molar-refractivity contribution < 1.29 is 24.2 Å². The van der Waals surface area contributed by atoms with Crippen LogP contribution in [0.25, 0.3) is 0 Å². The molecule has 6 nitrogen and oxygen atoms in total. The summed E-state index contributed by atoms with van der Waals surface area (Å²) in [6.07, 6.45) is 1.18. The van der Waals surface area contributed by atoms with Gasteiger partial charge >= 0.3 is 12.1 Å². The van der Waals surface area contributed by atoms with Gasteiger partial charge in [0.1, 0.15) is 5.60 Å². The summed E-state index contributed by atoms with van der Waals surface area (Å²) >= 11 is 0. The molecular formula is C14H25NO5. The smallest absolute Gasteiger partial charge is 0.410 e. The predicted molar refractivity (Wildman–Crippen MR) is 73.6 cm³/mol. The van der Waals surface area contributed by atoms with Crippen LogP contribution in [0.2, 0.25) is 0 Å². The Hall–Kier alpha value is -1.30. The Labute approximate surface area is 120 Å². The quantitative estimate of drug-likeness (QED) is 0.857. The van der Waals surface area contributed by atoms with Crippen LogP contribution in [-0.2, 0) is 14.3 Å². The standard InChI is InChI=1S/C14H25NO5/c1-13(2,3)20-12(18)15-8-5-6-14(10-15,11(16)17)7-9-19-4/h5-10H2,1-4H3,(H,16,17)/t14-/m0/s1. The highest BCUT2D eigenvalue weighted by Gasteiger charge is 2.44. The highest BCUT2D eigenvalue weighted by molar-refractivity contribution is 5.77. The number of methoxy groups -OCH3 is 1. The Morgan fingerprint density at radius 3 is 2.50 bits per heavy atom. The van der Waals surface area contributed by atoms with E-state index in [1.54, 1.807) is 27.9 Å². The fourth-order valence-corrected chi connectivity index (χ4v) is 2.40. The second-order valence-corrected chi connectivity index (χ2v) is 6.33. The van der Waals surface area contributed by atoms with E-state index in [1.807, 2.05) is 0 Å². The van der Waals surface area contributed by atoms with Crippen molar-refractivity contribution in [3.63, 3.8) is 0 Å². The minimum Gasteiger partial charge on any atom is -0.481 e. The van der Waals surface area contributed by atoms with Crippen molar-refractivity contribution >= 4 is 12.1 Å². The molecule has 20 heavy (non-hydrogen) atoms. The van der Waals surface area contributed by atoms with Gasteiger partial charge in [-0.25, -0.2) is 4.79 Å². The van der Waals surface area contributed by atoms with Gasteiger partial charge in [-0.1, -0.05) is 0 Å². The van der Waals surface area contributed by atoms with Gasteiger partial charge in [-0.3, -0.25) is 4.79 Å². The van der Waals surface area contributed by atoms with Gasteiger partial charge in [0.15, 0.2) is 0 Å². The summed E-state index contributed by atoms with van der Waals surface area (Å²) in [6, 6.07) is 0. The minimum absolute atomic E-state index is 0.181. The van der Waals surface area contributed by atoms with Crippen LogP contribution in [0.15, 0.2) is 0 Å². The van der Waals surface area contributed by atoms with E-state index in [-0.39, 0.29) is 6.54 Å². The Balaban J connectivity index is 2.77. The number of piperidine rings is 1. The number of carbonyl (C=O) groups excluding carboxylic acids is 1. The lowest BCUT2D eigenvalue weighted by Gasteiger charge is -2.40. The van der Waals surface area contributed by atoms with Crippen LogP contribution in [-0.4, -0.2) is 54.5 Å². The highest BCUT2D eigenvalue weighted by Crippen LogP contribution is 2.34. The largest absolute Gasteiger partial charge is 0.481 e. The van der Waals surface area contributed by atoms with Crippen LogP contribution < -0.4 is 0 Å². The van der Waals surface area contributed by atoms with Crippen LogP contribution in [0.4, 0.5) is 4.79 Å². The summed E-state index contributed by atoms with van der Waals surface area (Å²) in [5.41, 5.74) is -1.50. The number of ether oxygens (including phenoxy) is 2. The molecule has 1 aliphatic rings. The third-order valence-corrected chi connectivity index (χ3v) is 3.47. The van der Waals surface area contributed by atoms with Crippen molar-refractivity contribution in [2.45, 2.75) is 45.6 Å². The zero-order valence-corrected chi connectivity index (χ0v) is 12.8. The molecule has 0 spiro atoms. The summed E-state index contributed by atoms with van der Waals surface area (Å²) in [4.78, 5) is 25.2. The lowest BCUT2D eigenvalue weighted by molar-refractivity contribution is -0.153. The average Bonchev–Trinajstić information content (AvgIpc) is 2.34. The van der Waals surface area contributed by atoms with E-state index in [9.17, 15) is 14.7 Å². The molecule has 0 unspecified atom stereocenters. The number of carboxylic acids is 1. The summed E-state index contributed by atoms with van der Waals surface area (Å²) in [5.74, 6) is -0.872. The zero-order valence-electron chi connectivity index (χ0n) is 12.8. The van der Waals surface area contributed by atoms with Gasteiger partial charge in [-0.2, -0.15) is 0 Å². The molecule has 1 fully saturated rings. The molecule has 1 rings (SSSR count). The molecule has 0 aliphatic carbocycles. The first-order chi connectivity index (χ1) is 9.20. The van der Waals surface area contributed by atoms with E-state index in [1.165, 1.54) is 4.90 Å². The van der Waals surface area contributed by atoms with Gasteiger partial charge < -0.3 is 19.5 Å². The minimum atomic E-state index is -0.925.